The molecule has 20 heavy (non-hydrogen) atoms. The third-order valence-corrected chi connectivity index (χ3v) is 4.19. The Morgan fingerprint density at radius 3 is 2.40 bits per heavy atom. The quantitative estimate of drug-likeness (QED) is 0.654. The summed E-state index contributed by atoms with van der Waals surface area (Å²) >= 11 is 0. The van der Waals surface area contributed by atoms with Crippen LogP contribution in [-0.2, 0) is 5.41 Å². The highest BCUT2D eigenvalue weighted by molar-refractivity contribution is 5.80. The molecule has 2 rings (SSSR count). The van der Waals surface area contributed by atoms with Gasteiger partial charge in [-0.15, -0.1) is 0 Å². The fraction of sp³-hybridized carbons (Fsp3) is 0.588. The number of nitrogens with zero attached hydrogens (tertiary/aromatic N) is 1. The first-order valence-corrected chi connectivity index (χ1v) is 7.47. The van der Waals surface area contributed by atoms with Gasteiger partial charge >= 0.3 is 0 Å². The van der Waals surface area contributed by atoms with Crippen LogP contribution in [0.15, 0.2) is 29.3 Å². The van der Waals surface area contributed by atoms with Gasteiger partial charge in [0.1, 0.15) is 0 Å². The average Bonchev–Trinajstić information content (AvgIpc) is 3.10. The molecule has 0 amide bonds. The minimum absolute atomic E-state index is 0.0838. The molecular weight excluding hydrogens is 246 g/mol. The number of rotatable bonds is 4. The molecule has 2 N–H and O–H groups in total. The van der Waals surface area contributed by atoms with E-state index in [0.717, 1.165) is 18.4 Å². The Kier molecular flexibility index (Phi) is 4.36. The summed E-state index contributed by atoms with van der Waals surface area (Å²) < 4.78 is 0. The van der Waals surface area contributed by atoms with E-state index in [1.165, 1.54) is 17.5 Å². The van der Waals surface area contributed by atoms with Crippen molar-refractivity contribution < 1.29 is 0 Å². The van der Waals surface area contributed by atoms with E-state index in [1.807, 2.05) is 7.05 Å². The van der Waals surface area contributed by atoms with Gasteiger partial charge in [0.05, 0.1) is 0 Å². The predicted octanol–water partition coefficient (Wildman–Crippen LogP) is 2.85. The van der Waals surface area contributed by atoms with Crippen molar-refractivity contribution in [1.82, 2.24) is 10.6 Å². The van der Waals surface area contributed by atoms with E-state index in [-0.39, 0.29) is 5.41 Å². The van der Waals surface area contributed by atoms with Crippen molar-refractivity contribution in [2.24, 2.45) is 10.9 Å². The smallest absolute Gasteiger partial charge is 0.191 e. The largest absolute Gasteiger partial charge is 0.356 e. The SMILES string of the molecule is CN=C(NCC(C)(C)c1ccc(C)cc1)NC1CC1C. The first-order valence-electron chi connectivity index (χ1n) is 7.47. The van der Waals surface area contributed by atoms with Crippen molar-refractivity contribution in [3.63, 3.8) is 0 Å². The number of guanidine groups is 1. The van der Waals surface area contributed by atoms with E-state index in [0.29, 0.717) is 6.04 Å². The molecule has 1 aromatic carbocycles. The first kappa shape index (κ1) is 14.9. The zero-order chi connectivity index (χ0) is 14.8. The molecule has 0 aliphatic heterocycles. The van der Waals surface area contributed by atoms with Crippen LogP contribution in [0, 0.1) is 12.8 Å². The van der Waals surface area contributed by atoms with Gasteiger partial charge in [-0.1, -0.05) is 50.6 Å². The van der Waals surface area contributed by atoms with Crippen molar-refractivity contribution >= 4 is 5.96 Å². The summed E-state index contributed by atoms with van der Waals surface area (Å²) in [5.74, 6) is 1.69. The third-order valence-electron chi connectivity index (χ3n) is 4.19. The monoisotopic (exact) mass is 273 g/mol. The van der Waals surface area contributed by atoms with E-state index in [2.05, 4.69) is 67.6 Å². The zero-order valence-corrected chi connectivity index (χ0v) is 13.3. The number of nitrogens with one attached hydrogen (secondary N) is 2. The topological polar surface area (TPSA) is 36.4 Å². The second-order valence-corrected chi connectivity index (χ2v) is 6.64. The van der Waals surface area contributed by atoms with E-state index < -0.39 is 0 Å². The van der Waals surface area contributed by atoms with E-state index in [1.54, 1.807) is 0 Å². The fourth-order valence-corrected chi connectivity index (χ4v) is 2.30. The lowest BCUT2D eigenvalue weighted by molar-refractivity contribution is 0.508. The molecule has 1 saturated carbocycles. The lowest BCUT2D eigenvalue weighted by Gasteiger charge is -2.27. The van der Waals surface area contributed by atoms with Gasteiger partial charge in [-0.25, -0.2) is 0 Å². The highest BCUT2D eigenvalue weighted by Gasteiger charge is 2.33. The van der Waals surface area contributed by atoms with Crippen LogP contribution in [0.4, 0.5) is 0 Å². The Balaban J connectivity index is 1.92. The van der Waals surface area contributed by atoms with Crippen molar-refractivity contribution in [2.45, 2.75) is 45.6 Å². The van der Waals surface area contributed by atoms with Crippen LogP contribution in [0.2, 0.25) is 0 Å². The molecule has 2 unspecified atom stereocenters. The Hall–Kier alpha value is -1.51. The minimum Gasteiger partial charge on any atom is -0.356 e. The van der Waals surface area contributed by atoms with Crippen LogP contribution in [0.1, 0.15) is 38.3 Å². The van der Waals surface area contributed by atoms with Crippen LogP contribution < -0.4 is 10.6 Å². The van der Waals surface area contributed by atoms with Crippen LogP contribution in [0.25, 0.3) is 0 Å². The summed E-state index contributed by atoms with van der Waals surface area (Å²) in [6.45, 7) is 9.78. The minimum atomic E-state index is 0.0838. The normalized spacial score (nSPS) is 22.6. The van der Waals surface area contributed by atoms with Gasteiger partial charge in [-0.3, -0.25) is 4.99 Å². The molecule has 1 aromatic rings. The van der Waals surface area contributed by atoms with Gasteiger partial charge in [-0.2, -0.15) is 0 Å². The molecule has 1 fully saturated rings. The van der Waals surface area contributed by atoms with Crippen LogP contribution in [0.3, 0.4) is 0 Å². The van der Waals surface area contributed by atoms with Crippen molar-refractivity contribution in [3.8, 4) is 0 Å². The fourth-order valence-electron chi connectivity index (χ4n) is 2.30. The molecule has 0 saturated heterocycles. The molecule has 0 heterocycles. The molecule has 2 atom stereocenters. The van der Waals surface area contributed by atoms with Crippen LogP contribution in [-0.4, -0.2) is 25.6 Å². The lowest BCUT2D eigenvalue weighted by Crippen LogP contribution is -2.44. The molecule has 0 spiro atoms. The maximum atomic E-state index is 4.31. The summed E-state index contributed by atoms with van der Waals surface area (Å²) in [6.07, 6.45) is 1.25. The van der Waals surface area contributed by atoms with E-state index >= 15 is 0 Å². The number of aliphatic imine (C=N–C) groups is 1. The van der Waals surface area contributed by atoms with Gasteiger partial charge in [0.25, 0.3) is 0 Å². The average molecular weight is 273 g/mol. The summed E-state index contributed by atoms with van der Waals surface area (Å²) in [7, 11) is 1.83. The Labute approximate surface area is 122 Å². The molecule has 3 nitrogen and oxygen atoms in total. The maximum Gasteiger partial charge on any atom is 0.191 e. The molecule has 1 aliphatic carbocycles. The van der Waals surface area contributed by atoms with Crippen LogP contribution in [0.5, 0.6) is 0 Å². The second kappa shape index (κ2) is 5.86. The second-order valence-electron chi connectivity index (χ2n) is 6.64. The maximum absolute atomic E-state index is 4.31. The van der Waals surface area contributed by atoms with Crippen molar-refractivity contribution in [1.29, 1.82) is 0 Å². The Morgan fingerprint density at radius 1 is 1.30 bits per heavy atom. The molecule has 0 aromatic heterocycles. The summed E-state index contributed by atoms with van der Waals surface area (Å²) in [5, 5.41) is 6.92. The molecule has 3 heteroatoms. The Bertz CT molecular complexity index is 474. The van der Waals surface area contributed by atoms with Gasteiger partial charge in [0, 0.05) is 25.0 Å². The van der Waals surface area contributed by atoms with Gasteiger partial charge < -0.3 is 10.6 Å². The van der Waals surface area contributed by atoms with Crippen LogP contribution >= 0.6 is 0 Å². The summed E-state index contributed by atoms with van der Waals surface area (Å²) in [4.78, 5) is 4.31. The molecule has 1 aliphatic rings. The highest BCUT2D eigenvalue weighted by atomic mass is 15.2. The molecule has 0 bridgehead atoms. The van der Waals surface area contributed by atoms with Crippen molar-refractivity contribution in [3.05, 3.63) is 35.4 Å². The Morgan fingerprint density at radius 2 is 1.90 bits per heavy atom. The van der Waals surface area contributed by atoms with Gasteiger partial charge in [-0.05, 0) is 24.8 Å². The summed E-state index contributed by atoms with van der Waals surface area (Å²) in [5.41, 5.74) is 2.74. The summed E-state index contributed by atoms with van der Waals surface area (Å²) in [6, 6.07) is 9.39. The third kappa shape index (κ3) is 3.75. The number of hydrogen-bond donors (Lipinski definition) is 2. The molecule has 110 valence electrons. The number of benzene rings is 1. The van der Waals surface area contributed by atoms with Gasteiger partial charge in [0.2, 0.25) is 0 Å². The molecular formula is C17H27N3. The molecule has 0 radical (unpaired) electrons. The van der Waals surface area contributed by atoms with E-state index in [9.17, 15) is 0 Å². The number of aryl methyl sites for hydroxylation is 1. The predicted molar refractivity (Wildman–Crippen MR) is 86.3 cm³/mol. The zero-order valence-electron chi connectivity index (χ0n) is 13.3. The first-order chi connectivity index (χ1) is 9.42. The lowest BCUT2D eigenvalue weighted by atomic mass is 9.84. The van der Waals surface area contributed by atoms with E-state index in [4.69, 9.17) is 0 Å². The standard InChI is InChI=1S/C17H27N3/c1-12-6-8-14(9-7-12)17(3,4)11-19-16(18-5)20-15-10-13(15)2/h6-9,13,15H,10-11H2,1-5H3,(H2,18,19,20). The van der Waals surface area contributed by atoms with Crippen molar-refractivity contribution in [2.75, 3.05) is 13.6 Å². The van der Waals surface area contributed by atoms with Gasteiger partial charge in [0.15, 0.2) is 5.96 Å². The number of hydrogen-bond acceptors (Lipinski definition) is 1. The highest BCUT2D eigenvalue weighted by Crippen LogP contribution is 2.29.